The predicted molar refractivity (Wildman–Crippen MR) is 69.4 cm³/mol. The molecule has 1 heterocycles. The second kappa shape index (κ2) is 5.50. The van der Waals surface area contributed by atoms with Crippen molar-refractivity contribution in [1.82, 2.24) is 4.98 Å². The van der Waals surface area contributed by atoms with E-state index in [1.54, 1.807) is 0 Å². The fraction of sp³-hybridized carbons (Fsp3) is 0.583. The third-order valence-corrected chi connectivity index (χ3v) is 2.85. The van der Waals surface area contributed by atoms with Gasteiger partial charge in [-0.25, -0.2) is 4.98 Å². The van der Waals surface area contributed by atoms with Gasteiger partial charge < -0.3 is 4.90 Å². The van der Waals surface area contributed by atoms with Crippen molar-refractivity contribution in [2.24, 2.45) is 5.92 Å². The van der Waals surface area contributed by atoms with Crippen molar-refractivity contribution in [2.75, 3.05) is 18.5 Å². The van der Waals surface area contributed by atoms with Crippen molar-refractivity contribution in [3.05, 3.63) is 22.3 Å². The average Bonchev–Trinajstić information content (AvgIpc) is 2.14. The first-order valence-corrected chi connectivity index (χ1v) is 6.13. The Morgan fingerprint density at radius 1 is 1.47 bits per heavy atom. The molecule has 84 valence electrons. The molecule has 0 amide bonds. The molecule has 0 unspecified atom stereocenters. The Morgan fingerprint density at radius 3 is 2.67 bits per heavy atom. The Morgan fingerprint density at radius 2 is 2.13 bits per heavy atom. The molecule has 0 aliphatic carbocycles. The Hall–Kier alpha value is -0.570. The molecule has 0 spiro atoms. The minimum Gasteiger partial charge on any atom is -0.359 e. The van der Waals surface area contributed by atoms with Crippen molar-refractivity contribution in [3.63, 3.8) is 0 Å². The van der Waals surface area contributed by atoms with Crippen molar-refractivity contribution in [3.8, 4) is 0 Å². The summed E-state index contributed by atoms with van der Waals surface area (Å²) in [6, 6.07) is 2.11. The maximum Gasteiger partial charge on any atom is 0.131 e. The number of pyridine rings is 1. The molecule has 0 fully saturated rings. The van der Waals surface area contributed by atoms with Crippen molar-refractivity contribution in [2.45, 2.75) is 27.2 Å². The highest BCUT2D eigenvalue weighted by atomic mass is 79.9. The van der Waals surface area contributed by atoms with Crippen LogP contribution in [0.25, 0.3) is 0 Å². The number of anilines is 1. The summed E-state index contributed by atoms with van der Waals surface area (Å²) < 4.78 is 1.04. The van der Waals surface area contributed by atoms with Crippen LogP contribution in [0.1, 0.15) is 25.8 Å². The van der Waals surface area contributed by atoms with Crippen LogP contribution in [0.4, 0.5) is 5.82 Å². The second-order valence-electron chi connectivity index (χ2n) is 4.40. The van der Waals surface area contributed by atoms with Crippen LogP contribution in [0.3, 0.4) is 0 Å². The topological polar surface area (TPSA) is 16.1 Å². The minimum absolute atomic E-state index is 0.739. The lowest BCUT2D eigenvalue weighted by atomic mass is 10.1. The van der Waals surface area contributed by atoms with Gasteiger partial charge in [-0.05, 0) is 46.8 Å². The largest absolute Gasteiger partial charge is 0.359 e. The fourth-order valence-electron chi connectivity index (χ4n) is 1.49. The van der Waals surface area contributed by atoms with E-state index in [0.717, 1.165) is 22.8 Å². The molecule has 0 radical (unpaired) electrons. The SMILES string of the molecule is Cc1cc(Br)cnc1N(C)CCC(C)C. The van der Waals surface area contributed by atoms with E-state index in [-0.39, 0.29) is 0 Å². The van der Waals surface area contributed by atoms with Gasteiger partial charge in [0.05, 0.1) is 0 Å². The van der Waals surface area contributed by atoms with Crippen LogP contribution in [-0.4, -0.2) is 18.6 Å². The number of rotatable bonds is 4. The lowest BCUT2D eigenvalue weighted by molar-refractivity contribution is 0.583. The van der Waals surface area contributed by atoms with Gasteiger partial charge in [0, 0.05) is 24.3 Å². The molecule has 0 bridgehead atoms. The van der Waals surface area contributed by atoms with Crippen molar-refractivity contribution < 1.29 is 0 Å². The molecule has 1 rings (SSSR count). The third-order valence-electron chi connectivity index (χ3n) is 2.42. The molecule has 2 nitrogen and oxygen atoms in total. The first kappa shape index (κ1) is 12.5. The quantitative estimate of drug-likeness (QED) is 0.831. The Kier molecular flexibility index (Phi) is 4.58. The Labute approximate surface area is 101 Å². The zero-order chi connectivity index (χ0) is 11.4. The first-order chi connectivity index (χ1) is 7.00. The molecule has 0 saturated carbocycles. The third kappa shape index (κ3) is 3.82. The van der Waals surface area contributed by atoms with Crippen molar-refractivity contribution >= 4 is 21.7 Å². The van der Waals surface area contributed by atoms with E-state index in [1.807, 2.05) is 6.20 Å². The summed E-state index contributed by atoms with van der Waals surface area (Å²) in [6.07, 6.45) is 3.06. The van der Waals surface area contributed by atoms with E-state index in [2.05, 4.69) is 59.7 Å². The molecule has 0 saturated heterocycles. The van der Waals surface area contributed by atoms with Gasteiger partial charge in [-0.15, -0.1) is 0 Å². The van der Waals surface area contributed by atoms with E-state index in [1.165, 1.54) is 12.0 Å². The lowest BCUT2D eigenvalue weighted by Gasteiger charge is -2.21. The molecule has 0 N–H and O–H groups in total. The standard InChI is InChI=1S/C12H19BrN2/c1-9(2)5-6-15(4)12-10(3)7-11(13)8-14-12/h7-9H,5-6H2,1-4H3. The van der Waals surface area contributed by atoms with E-state index in [4.69, 9.17) is 0 Å². The monoisotopic (exact) mass is 270 g/mol. The maximum atomic E-state index is 4.43. The molecule has 1 aromatic rings. The Balaban J connectivity index is 2.69. The molecular formula is C12H19BrN2. The average molecular weight is 271 g/mol. The molecule has 0 aromatic carbocycles. The van der Waals surface area contributed by atoms with Gasteiger partial charge in [-0.3, -0.25) is 0 Å². The first-order valence-electron chi connectivity index (χ1n) is 5.34. The van der Waals surface area contributed by atoms with Crippen LogP contribution >= 0.6 is 15.9 Å². The summed E-state index contributed by atoms with van der Waals surface area (Å²) in [5.74, 6) is 1.82. The number of nitrogens with zero attached hydrogens (tertiary/aromatic N) is 2. The highest BCUT2D eigenvalue weighted by Gasteiger charge is 2.06. The zero-order valence-corrected chi connectivity index (χ0v) is 11.5. The van der Waals surface area contributed by atoms with Gasteiger partial charge in [0.2, 0.25) is 0 Å². The van der Waals surface area contributed by atoms with E-state index in [0.29, 0.717) is 0 Å². The van der Waals surface area contributed by atoms with Crippen LogP contribution in [0, 0.1) is 12.8 Å². The summed E-state index contributed by atoms with van der Waals surface area (Å²) in [5.41, 5.74) is 1.22. The summed E-state index contributed by atoms with van der Waals surface area (Å²) in [7, 11) is 2.10. The number of aromatic nitrogens is 1. The number of hydrogen-bond donors (Lipinski definition) is 0. The molecule has 1 aromatic heterocycles. The smallest absolute Gasteiger partial charge is 0.131 e. The Bertz CT molecular complexity index is 323. The number of aryl methyl sites for hydroxylation is 1. The predicted octanol–water partition coefficient (Wildman–Crippen LogP) is 3.63. The van der Waals surface area contributed by atoms with Gasteiger partial charge >= 0.3 is 0 Å². The summed E-state index contributed by atoms with van der Waals surface area (Å²) in [5, 5.41) is 0. The van der Waals surface area contributed by atoms with Crippen LogP contribution in [-0.2, 0) is 0 Å². The lowest BCUT2D eigenvalue weighted by Crippen LogP contribution is -2.21. The van der Waals surface area contributed by atoms with E-state index >= 15 is 0 Å². The van der Waals surface area contributed by atoms with Gasteiger partial charge in [0.25, 0.3) is 0 Å². The second-order valence-corrected chi connectivity index (χ2v) is 5.31. The van der Waals surface area contributed by atoms with Crippen LogP contribution < -0.4 is 4.90 Å². The summed E-state index contributed by atoms with van der Waals surface area (Å²) in [4.78, 5) is 6.66. The van der Waals surface area contributed by atoms with Gasteiger partial charge in [-0.1, -0.05) is 13.8 Å². The zero-order valence-electron chi connectivity index (χ0n) is 9.92. The summed E-state index contributed by atoms with van der Waals surface area (Å²) in [6.45, 7) is 7.65. The molecular weight excluding hydrogens is 252 g/mol. The molecule has 3 heteroatoms. The number of halogens is 1. The van der Waals surface area contributed by atoms with E-state index < -0.39 is 0 Å². The highest BCUT2D eigenvalue weighted by Crippen LogP contribution is 2.20. The number of hydrogen-bond acceptors (Lipinski definition) is 2. The summed E-state index contributed by atoms with van der Waals surface area (Å²) >= 11 is 3.43. The molecule has 15 heavy (non-hydrogen) atoms. The molecule has 0 aliphatic heterocycles. The van der Waals surface area contributed by atoms with Gasteiger partial charge in [0.1, 0.15) is 5.82 Å². The van der Waals surface area contributed by atoms with Crippen LogP contribution in [0.15, 0.2) is 16.7 Å². The van der Waals surface area contributed by atoms with Gasteiger partial charge in [0.15, 0.2) is 0 Å². The van der Waals surface area contributed by atoms with Gasteiger partial charge in [-0.2, -0.15) is 0 Å². The normalized spacial score (nSPS) is 10.8. The van der Waals surface area contributed by atoms with Crippen LogP contribution in [0.2, 0.25) is 0 Å². The van der Waals surface area contributed by atoms with E-state index in [9.17, 15) is 0 Å². The molecule has 0 aliphatic rings. The fourth-order valence-corrected chi connectivity index (χ4v) is 1.94. The minimum atomic E-state index is 0.739. The molecule has 0 atom stereocenters. The maximum absolute atomic E-state index is 4.43. The highest BCUT2D eigenvalue weighted by molar-refractivity contribution is 9.10. The van der Waals surface area contributed by atoms with Crippen molar-refractivity contribution in [1.29, 1.82) is 0 Å². The van der Waals surface area contributed by atoms with Crippen LogP contribution in [0.5, 0.6) is 0 Å².